The topological polar surface area (TPSA) is 30.7 Å². The number of rotatable bonds is 5. The van der Waals surface area contributed by atoms with Crippen molar-refractivity contribution >= 4 is 48.9 Å². The molecule has 1 unspecified atom stereocenters. The van der Waals surface area contributed by atoms with E-state index in [1.165, 1.54) is 37.7 Å². The molecule has 0 saturated carbocycles. The summed E-state index contributed by atoms with van der Waals surface area (Å²) in [6, 6.07) is 49.9. The molecule has 0 spiro atoms. The van der Waals surface area contributed by atoms with Crippen molar-refractivity contribution in [2.45, 2.75) is 12.3 Å². The van der Waals surface area contributed by atoms with E-state index < -0.39 is 0 Å². The van der Waals surface area contributed by atoms with Crippen LogP contribution in [0.15, 0.2) is 146 Å². The summed E-state index contributed by atoms with van der Waals surface area (Å²) in [7, 11) is 0. The number of allylic oxidation sites excluding steroid dienone is 4. The van der Waals surface area contributed by atoms with E-state index in [4.69, 9.17) is 4.98 Å². The number of hydrogen-bond donors (Lipinski definition) is 0. The molecular formula is C42H27N3PtS. The summed E-state index contributed by atoms with van der Waals surface area (Å²) >= 11 is 1.71. The normalized spacial score (nSPS) is 14.4. The van der Waals surface area contributed by atoms with Crippen molar-refractivity contribution < 1.29 is 21.1 Å². The standard InChI is InChI=1S/C42H27N3S.Pt/c1-2-10-28(11-3-1)29-19-21-30(22-20-29)34-14-9-15-36-35-24-23-32(42-44-38-17-4-5-18-40(38)46-42)27-39(35)45(41(34)36)33-13-8-12-31(26-33)37-16-6-7-25-43-37;/h1-21,23-25,30H,22H2;/q-2;+2. The van der Waals surface area contributed by atoms with Crippen LogP contribution in [0.4, 0.5) is 0 Å². The molecule has 5 aromatic carbocycles. The molecule has 0 amide bonds. The Morgan fingerprint density at radius 1 is 0.723 bits per heavy atom. The van der Waals surface area contributed by atoms with E-state index in [0.29, 0.717) is 0 Å². The summed E-state index contributed by atoms with van der Waals surface area (Å²) < 4.78 is 3.53. The van der Waals surface area contributed by atoms with E-state index in [9.17, 15) is 0 Å². The number of pyridine rings is 1. The zero-order valence-electron chi connectivity index (χ0n) is 25.2. The largest absolute Gasteiger partial charge is 2.00 e. The number of fused-ring (bicyclic) bond motifs is 4. The molecule has 47 heavy (non-hydrogen) atoms. The maximum Gasteiger partial charge on any atom is 2.00 e. The third-order valence-electron chi connectivity index (χ3n) is 8.82. The van der Waals surface area contributed by atoms with Gasteiger partial charge in [0.15, 0.2) is 0 Å². The molecule has 1 aliphatic rings. The molecule has 1 aliphatic carbocycles. The van der Waals surface area contributed by atoms with Crippen LogP contribution in [0, 0.1) is 12.1 Å². The number of thiazole rings is 1. The summed E-state index contributed by atoms with van der Waals surface area (Å²) in [6.07, 6.45) is 9.78. The third kappa shape index (κ3) is 5.28. The summed E-state index contributed by atoms with van der Waals surface area (Å²) in [5.41, 5.74) is 10.9. The second-order valence-electron chi connectivity index (χ2n) is 11.6. The van der Waals surface area contributed by atoms with Crippen LogP contribution in [0.5, 0.6) is 0 Å². The molecule has 3 nitrogen and oxygen atoms in total. The second-order valence-corrected chi connectivity index (χ2v) is 12.6. The fraction of sp³-hybridized carbons (Fsp3) is 0.0476. The van der Waals surface area contributed by atoms with Gasteiger partial charge in [0.05, 0.1) is 5.52 Å². The minimum Gasteiger partial charge on any atom is -0.346 e. The van der Waals surface area contributed by atoms with Crippen molar-refractivity contribution in [2.24, 2.45) is 0 Å². The monoisotopic (exact) mass is 800 g/mol. The Labute approximate surface area is 291 Å². The van der Waals surface area contributed by atoms with Crippen LogP contribution >= 0.6 is 11.3 Å². The molecule has 1 atom stereocenters. The van der Waals surface area contributed by atoms with Gasteiger partial charge >= 0.3 is 21.1 Å². The van der Waals surface area contributed by atoms with Crippen molar-refractivity contribution in [3.8, 4) is 27.5 Å². The molecule has 9 rings (SSSR count). The fourth-order valence-corrected chi connectivity index (χ4v) is 7.57. The number of hydrogen-bond acceptors (Lipinski definition) is 3. The molecule has 0 radical (unpaired) electrons. The van der Waals surface area contributed by atoms with Gasteiger partial charge in [0, 0.05) is 27.3 Å². The van der Waals surface area contributed by atoms with Crippen molar-refractivity contribution in [2.75, 3.05) is 0 Å². The molecule has 0 N–H and O–H groups in total. The molecule has 0 aliphatic heterocycles. The van der Waals surface area contributed by atoms with Crippen LogP contribution in [0.1, 0.15) is 23.5 Å². The molecule has 3 aromatic heterocycles. The molecule has 0 bridgehead atoms. The van der Waals surface area contributed by atoms with Crippen molar-refractivity contribution in [3.63, 3.8) is 0 Å². The summed E-state index contributed by atoms with van der Waals surface area (Å²) in [5.74, 6) is 0.238. The molecule has 0 saturated heterocycles. The summed E-state index contributed by atoms with van der Waals surface area (Å²) in [4.78, 5) is 9.59. The van der Waals surface area contributed by atoms with Gasteiger partial charge in [0.25, 0.3) is 0 Å². The zero-order valence-corrected chi connectivity index (χ0v) is 28.3. The van der Waals surface area contributed by atoms with Gasteiger partial charge in [0.2, 0.25) is 0 Å². The Bertz CT molecular complexity index is 2420. The van der Waals surface area contributed by atoms with Gasteiger partial charge in [-0.3, -0.25) is 4.98 Å². The van der Waals surface area contributed by atoms with Crippen molar-refractivity contribution in [1.29, 1.82) is 0 Å². The van der Waals surface area contributed by atoms with Crippen LogP contribution in [-0.4, -0.2) is 14.5 Å². The first kappa shape index (κ1) is 29.5. The predicted molar refractivity (Wildman–Crippen MR) is 191 cm³/mol. The van der Waals surface area contributed by atoms with Crippen molar-refractivity contribution in [3.05, 3.63) is 169 Å². The van der Waals surface area contributed by atoms with E-state index in [1.807, 2.05) is 30.5 Å². The first-order valence-corrected chi connectivity index (χ1v) is 16.3. The van der Waals surface area contributed by atoms with Crippen LogP contribution in [0.2, 0.25) is 0 Å². The quantitative estimate of drug-likeness (QED) is 0.162. The average molecular weight is 801 g/mol. The Morgan fingerprint density at radius 2 is 1.57 bits per heavy atom. The van der Waals surface area contributed by atoms with Gasteiger partial charge in [0.1, 0.15) is 0 Å². The second kappa shape index (κ2) is 12.4. The summed E-state index contributed by atoms with van der Waals surface area (Å²) in [6.45, 7) is 0. The van der Waals surface area contributed by atoms with Crippen molar-refractivity contribution in [1.82, 2.24) is 14.5 Å². The fourth-order valence-electron chi connectivity index (χ4n) is 6.62. The van der Waals surface area contributed by atoms with Gasteiger partial charge < -0.3 is 9.55 Å². The summed E-state index contributed by atoms with van der Waals surface area (Å²) in [5, 5.41) is 3.35. The van der Waals surface area contributed by atoms with E-state index in [2.05, 4.69) is 137 Å². The van der Waals surface area contributed by atoms with Gasteiger partial charge in [-0.15, -0.1) is 53.6 Å². The minimum atomic E-state index is 0. The number of aromatic nitrogens is 3. The molecule has 0 fully saturated rings. The first-order valence-electron chi connectivity index (χ1n) is 15.5. The van der Waals surface area contributed by atoms with Crippen LogP contribution in [0.25, 0.3) is 65.1 Å². The Kier molecular flexibility index (Phi) is 7.77. The van der Waals surface area contributed by atoms with Gasteiger partial charge in [-0.05, 0) is 63.6 Å². The van der Waals surface area contributed by atoms with Gasteiger partial charge in [-0.2, -0.15) is 11.3 Å². The van der Waals surface area contributed by atoms with E-state index in [1.54, 1.807) is 11.3 Å². The van der Waals surface area contributed by atoms with Crippen LogP contribution in [-0.2, 0) is 21.1 Å². The Morgan fingerprint density at radius 3 is 2.40 bits per heavy atom. The number of benzene rings is 5. The smallest absolute Gasteiger partial charge is 0.346 e. The number of para-hydroxylation sites is 2. The first-order chi connectivity index (χ1) is 22.8. The van der Waals surface area contributed by atoms with E-state index in [-0.39, 0.29) is 27.0 Å². The number of nitrogens with zero attached hydrogens (tertiary/aromatic N) is 3. The van der Waals surface area contributed by atoms with E-state index >= 15 is 0 Å². The molecule has 226 valence electrons. The molecule has 8 aromatic rings. The SMILES string of the molecule is [Pt+2].[c-]1c(-c2ccccn2)cccc1-n1c2[c-]c(-c3nc4ccccc4s3)ccc2c2cccc(C3C=CC(c4ccccc4)=CC3)c21. The maximum absolute atomic E-state index is 4.97. The van der Waals surface area contributed by atoms with Crippen LogP contribution < -0.4 is 0 Å². The predicted octanol–water partition coefficient (Wildman–Crippen LogP) is 10.8. The van der Waals surface area contributed by atoms with Gasteiger partial charge in [-0.25, -0.2) is 0 Å². The Hall–Kier alpha value is -4.89. The van der Waals surface area contributed by atoms with Crippen LogP contribution in [0.3, 0.4) is 0 Å². The molecule has 5 heteroatoms. The average Bonchev–Trinajstić information content (AvgIpc) is 3.72. The minimum absolute atomic E-state index is 0. The van der Waals surface area contributed by atoms with E-state index in [0.717, 1.165) is 45.0 Å². The van der Waals surface area contributed by atoms with Gasteiger partial charge in [-0.1, -0.05) is 96.4 Å². The Balaban J connectivity index is 0.00000324. The molecule has 3 heterocycles. The molecular weight excluding hydrogens is 774 g/mol. The zero-order chi connectivity index (χ0) is 30.5. The maximum atomic E-state index is 4.97. The third-order valence-corrected chi connectivity index (χ3v) is 9.89.